The highest BCUT2D eigenvalue weighted by Crippen LogP contribution is 2.07. The van der Waals surface area contributed by atoms with Crippen LogP contribution in [0.5, 0.6) is 0 Å². The van der Waals surface area contributed by atoms with Crippen LogP contribution in [0.3, 0.4) is 0 Å². The Morgan fingerprint density at radius 2 is 2.00 bits per heavy atom. The minimum absolute atomic E-state index is 0.0718. The lowest BCUT2D eigenvalue weighted by Crippen LogP contribution is -2.19. The van der Waals surface area contributed by atoms with Gasteiger partial charge in [0.15, 0.2) is 0 Å². The molecule has 2 heteroatoms. The minimum Gasteiger partial charge on any atom is -0.458 e. The molecule has 1 atom stereocenters. The number of esters is 1. The number of ether oxygens (including phenoxy) is 1. The Balaban J connectivity index is 4.00. The van der Waals surface area contributed by atoms with Crippen molar-refractivity contribution in [3.8, 4) is 0 Å². The largest absolute Gasteiger partial charge is 0.458 e. The fourth-order valence-corrected chi connectivity index (χ4v) is 0.779. The third kappa shape index (κ3) is 4.59. The predicted molar refractivity (Wildman–Crippen MR) is 45.2 cm³/mol. The Morgan fingerprint density at radius 3 is 2.27 bits per heavy atom. The van der Waals surface area contributed by atoms with Crippen molar-refractivity contribution in [1.29, 1.82) is 0 Å². The molecular weight excluding hydrogens is 140 g/mol. The second-order valence-electron chi connectivity index (χ2n) is 2.84. The van der Waals surface area contributed by atoms with Gasteiger partial charge in [-0.2, -0.15) is 0 Å². The number of carbonyl (C=O) groups excluding carboxylic acids is 1. The molecule has 0 N–H and O–H groups in total. The Labute approximate surface area is 68.2 Å². The van der Waals surface area contributed by atoms with Gasteiger partial charge in [-0.25, -0.2) is 0 Å². The Hall–Kier alpha value is -0.790. The number of hydrogen-bond acceptors (Lipinski definition) is 2. The van der Waals surface area contributed by atoms with Crippen LogP contribution in [0.25, 0.3) is 0 Å². The van der Waals surface area contributed by atoms with E-state index in [0.717, 1.165) is 0 Å². The van der Waals surface area contributed by atoms with Gasteiger partial charge in [0.25, 0.3) is 0 Å². The molecule has 0 aromatic rings. The van der Waals surface area contributed by atoms with Crippen LogP contribution in [-0.2, 0) is 9.53 Å². The predicted octanol–water partition coefficient (Wildman–Crippen LogP) is 2.15. The Bertz CT molecular complexity index is 148. The maximum Gasteiger partial charge on any atom is 0.303 e. The summed E-state index contributed by atoms with van der Waals surface area (Å²) in [7, 11) is 0. The van der Waals surface area contributed by atoms with E-state index in [1.165, 1.54) is 6.92 Å². The van der Waals surface area contributed by atoms with E-state index in [4.69, 9.17) is 4.74 Å². The fourth-order valence-electron chi connectivity index (χ4n) is 0.779. The van der Waals surface area contributed by atoms with E-state index in [1.54, 1.807) is 0 Å². The number of allylic oxidation sites excluding steroid dienone is 1. The van der Waals surface area contributed by atoms with Crippen molar-refractivity contribution in [2.75, 3.05) is 0 Å². The summed E-state index contributed by atoms with van der Waals surface area (Å²) in [5, 5.41) is 0. The summed E-state index contributed by atoms with van der Waals surface area (Å²) in [4.78, 5) is 10.6. The zero-order chi connectivity index (χ0) is 8.85. The molecule has 1 unspecified atom stereocenters. The molecular formula is C9H16O2. The van der Waals surface area contributed by atoms with E-state index >= 15 is 0 Å². The molecule has 2 nitrogen and oxygen atoms in total. The molecule has 0 amide bonds. The molecule has 64 valence electrons. The summed E-state index contributed by atoms with van der Waals surface area (Å²) in [5.74, 6) is 0.122. The molecule has 0 heterocycles. The zero-order valence-electron chi connectivity index (χ0n) is 7.63. The van der Waals surface area contributed by atoms with Crippen LogP contribution in [0.15, 0.2) is 12.2 Å². The van der Waals surface area contributed by atoms with Gasteiger partial charge in [0.2, 0.25) is 0 Å². The standard InChI is InChI=1S/C9H16O2/c1-5-6-9(7(2)3)11-8(4)10/h5-7,9H,1-4H3/b6-5+. The molecule has 0 aromatic heterocycles. The van der Waals surface area contributed by atoms with Gasteiger partial charge in [-0.05, 0) is 18.9 Å². The van der Waals surface area contributed by atoms with Crippen LogP contribution in [0.1, 0.15) is 27.7 Å². The van der Waals surface area contributed by atoms with Gasteiger partial charge >= 0.3 is 5.97 Å². The Morgan fingerprint density at radius 1 is 1.45 bits per heavy atom. The lowest BCUT2D eigenvalue weighted by Gasteiger charge is -2.16. The van der Waals surface area contributed by atoms with E-state index in [1.807, 2.05) is 32.9 Å². The minimum atomic E-state index is -0.221. The quantitative estimate of drug-likeness (QED) is 0.462. The molecule has 0 aliphatic rings. The van der Waals surface area contributed by atoms with E-state index in [2.05, 4.69) is 0 Å². The van der Waals surface area contributed by atoms with Crippen molar-refractivity contribution in [1.82, 2.24) is 0 Å². The number of rotatable bonds is 3. The van der Waals surface area contributed by atoms with Gasteiger partial charge in [-0.1, -0.05) is 19.9 Å². The van der Waals surface area contributed by atoms with Crippen molar-refractivity contribution < 1.29 is 9.53 Å². The first-order valence-electron chi connectivity index (χ1n) is 3.88. The first-order chi connectivity index (χ1) is 5.07. The smallest absolute Gasteiger partial charge is 0.303 e. The van der Waals surface area contributed by atoms with Gasteiger partial charge in [-0.15, -0.1) is 0 Å². The monoisotopic (exact) mass is 156 g/mol. The van der Waals surface area contributed by atoms with Gasteiger partial charge in [0, 0.05) is 6.92 Å². The van der Waals surface area contributed by atoms with Crippen LogP contribution in [0.2, 0.25) is 0 Å². The normalized spacial score (nSPS) is 13.9. The summed E-state index contributed by atoms with van der Waals surface area (Å²) in [6.07, 6.45) is 3.72. The van der Waals surface area contributed by atoms with Crippen LogP contribution >= 0.6 is 0 Å². The van der Waals surface area contributed by atoms with Crippen molar-refractivity contribution in [2.24, 2.45) is 5.92 Å². The molecule has 0 fully saturated rings. The molecule has 0 rings (SSSR count). The molecule has 0 radical (unpaired) electrons. The van der Waals surface area contributed by atoms with Crippen molar-refractivity contribution in [3.05, 3.63) is 12.2 Å². The SMILES string of the molecule is C/C=C/C(OC(C)=O)C(C)C. The average molecular weight is 156 g/mol. The average Bonchev–Trinajstić information content (AvgIpc) is 1.86. The van der Waals surface area contributed by atoms with Crippen LogP contribution in [0.4, 0.5) is 0 Å². The summed E-state index contributed by atoms with van der Waals surface area (Å²) >= 11 is 0. The molecule has 0 saturated carbocycles. The summed E-state index contributed by atoms with van der Waals surface area (Å²) in [6.45, 7) is 7.39. The molecule has 0 aromatic carbocycles. The highest BCUT2D eigenvalue weighted by molar-refractivity contribution is 5.66. The van der Waals surface area contributed by atoms with E-state index < -0.39 is 0 Å². The Kier molecular flexibility index (Phi) is 4.59. The highest BCUT2D eigenvalue weighted by atomic mass is 16.5. The maximum absolute atomic E-state index is 10.6. The summed E-state index contributed by atoms with van der Waals surface area (Å²) in [6, 6.07) is 0. The second kappa shape index (κ2) is 4.94. The van der Waals surface area contributed by atoms with Crippen molar-refractivity contribution in [2.45, 2.75) is 33.8 Å². The van der Waals surface area contributed by atoms with E-state index in [0.29, 0.717) is 5.92 Å². The maximum atomic E-state index is 10.6. The lowest BCUT2D eigenvalue weighted by molar-refractivity contribution is -0.145. The fraction of sp³-hybridized carbons (Fsp3) is 0.667. The van der Waals surface area contributed by atoms with Crippen molar-refractivity contribution >= 4 is 5.97 Å². The summed E-state index contributed by atoms with van der Waals surface area (Å²) in [5.41, 5.74) is 0. The van der Waals surface area contributed by atoms with E-state index in [-0.39, 0.29) is 12.1 Å². The first-order valence-corrected chi connectivity index (χ1v) is 3.88. The van der Waals surface area contributed by atoms with Gasteiger partial charge in [0.05, 0.1) is 0 Å². The summed E-state index contributed by atoms with van der Waals surface area (Å²) < 4.78 is 5.03. The van der Waals surface area contributed by atoms with Crippen molar-refractivity contribution in [3.63, 3.8) is 0 Å². The lowest BCUT2D eigenvalue weighted by atomic mass is 10.1. The third-order valence-corrected chi connectivity index (χ3v) is 1.34. The van der Waals surface area contributed by atoms with Crippen LogP contribution < -0.4 is 0 Å². The zero-order valence-corrected chi connectivity index (χ0v) is 7.63. The highest BCUT2D eigenvalue weighted by Gasteiger charge is 2.11. The second-order valence-corrected chi connectivity index (χ2v) is 2.84. The van der Waals surface area contributed by atoms with Crippen LogP contribution in [0, 0.1) is 5.92 Å². The molecule has 0 saturated heterocycles. The molecule has 0 aliphatic carbocycles. The first kappa shape index (κ1) is 10.2. The molecule has 11 heavy (non-hydrogen) atoms. The molecule has 0 bridgehead atoms. The van der Waals surface area contributed by atoms with Gasteiger partial charge < -0.3 is 4.74 Å². The topological polar surface area (TPSA) is 26.3 Å². The molecule has 0 spiro atoms. The van der Waals surface area contributed by atoms with Crippen LogP contribution in [-0.4, -0.2) is 12.1 Å². The van der Waals surface area contributed by atoms with E-state index in [9.17, 15) is 4.79 Å². The number of carbonyl (C=O) groups is 1. The number of hydrogen-bond donors (Lipinski definition) is 0. The molecule has 0 aliphatic heterocycles. The third-order valence-electron chi connectivity index (χ3n) is 1.34. The van der Waals surface area contributed by atoms with Gasteiger partial charge in [0.1, 0.15) is 6.10 Å². The van der Waals surface area contributed by atoms with Gasteiger partial charge in [-0.3, -0.25) is 4.79 Å².